The zero-order valence-corrected chi connectivity index (χ0v) is 15.2. The van der Waals surface area contributed by atoms with Gasteiger partial charge in [0.2, 0.25) is 11.8 Å². The second-order valence-corrected chi connectivity index (χ2v) is 7.66. The van der Waals surface area contributed by atoms with E-state index in [2.05, 4.69) is 21.7 Å². The van der Waals surface area contributed by atoms with Crippen LogP contribution in [0.2, 0.25) is 0 Å². The highest BCUT2D eigenvalue weighted by Gasteiger charge is 2.26. The summed E-state index contributed by atoms with van der Waals surface area (Å²) in [4.78, 5) is 28.9. The molecule has 0 saturated heterocycles. The monoisotopic (exact) mass is 365 g/mol. The fourth-order valence-electron chi connectivity index (χ4n) is 3.22. The Bertz CT molecular complexity index is 996. The summed E-state index contributed by atoms with van der Waals surface area (Å²) in [5, 5.41) is 6.39. The normalized spacial score (nSPS) is 16.2. The molecule has 0 saturated carbocycles. The summed E-state index contributed by atoms with van der Waals surface area (Å²) in [7, 11) is 0. The van der Waals surface area contributed by atoms with E-state index in [1.54, 1.807) is 0 Å². The minimum Gasteiger partial charge on any atom is -0.326 e. The van der Waals surface area contributed by atoms with Crippen molar-refractivity contribution < 1.29 is 9.59 Å². The molecule has 132 valence electrons. The molecule has 0 aliphatic carbocycles. The van der Waals surface area contributed by atoms with Crippen molar-refractivity contribution in [3.05, 3.63) is 53.6 Å². The summed E-state index contributed by atoms with van der Waals surface area (Å²) in [6.07, 6.45) is 1.50. The quantitative estimate of drug-likeness (QED) is 0.730. The van der Waals surface area contributed by atoms with Crippen LogP contribution in [-0.2, 0) is 16.0 Å². The number of aryl methyl sites for hydroxylation is 1. The maximum Gasteiger partial charge on any atom is 0.227 e. The number of benzene rings is 2. The lowest BCUT2D eigenvalue weighted by Gasteiger charge is -2.24. The predicted octanol–water partition coefficient (Wildman–Crippen LogP) is 4.13. The molecule has 1 aromatic heterocycles. The van der Waals surface area contributed by atoms with Crippen LogP contribution in [0, 0.1) is 12.8 Å². The van der Waals surface area contributed by atoms with Gasteiger partial charge in [-0.2, -0.15) is 0 Å². The van der Waals surface area contributed by atoms with Crippen molar-refractivity contribution in [3.63, 3.8) is 0 Å². The van der Waals surface area contributed by atoms with Crippen molar-refractivity contribution in [2.24, 2.45) is 5.92 Å². The molecule has 0 unspecified atom stereocenters. The first-order valence-corrected chi connectivity index (χ1v) is 9.46. The first-order valence-electron chi connectivity index (χ1n) is 8.64. The summed E-state index contributed by atoms with van der Waals surface area (Å²) in [5.74, 6) is -0.284. The first-order chi connectivity index (χ1) is 12.6. The Hall–Kier alpha value is -2.73. The molecular weight excluding hydrogens is 346 g/mol. The number of anilines is 2. The van der Waals surface area contributed by atoms with Gasteiger partial charge in [-0.15, -0.1) is 0 Å². The smallest absolute Gasteiger partial charge is 0.227 e. The van der Waals surface area contributed by atoms with E-state index in [1.807, 2.05) is 43.3 Å². The molecule has 1 atom stereocenters. The molecule has 0 bridgehead atoms. The van der Waals surface area contributed by atoms with E-state index in [9.17, 15) is 9.59 Å². The molecule has 2 N–H and O–H groups in total. The van der Waals surface area contributed by atoms with Gasteiger partial charge < -0.3 is 10.6 Å². The first kappa shape index (κ1) is 16.7. The maximum atomic E-state index is 12.3. The van der Waals surface area contributed by atoms with E-state index in [0.717, 1.165) is 21.5 Å². The lowest BCUT2D eigenvalue weighted by atomic mass is 9.89. The summed E-state index contributed by atoms with van der Waals surface area (Å²) in [6, 6.07) is 13.8. The van der Waals surface area contributed by atoms with Gasteiger partial charge in [-0.25, -0.2) is 4.98 Å². The van der Waals surface area contributed by atoms with Crippen molar-refractivity contribution in [2.45, 2.75) is 26.2 Å². The average Bonchev–Trinajstić information content (AvgIpc) is 3.01. The number of para-hydroxylation sites is 1. The van der Waals surface area contributed by atoms with Gasteiger partial charge in [-0.3, -0.25) is 9.59 Å². The molecule has 26 heavy (non-hydrogen) atoms. The molecule has 2 heterocycles. The molecule has 4 rings (SSSR count). The standard InChI is InChI=1S/C20H19N3O2S/c1-12-6-8-16-17(10-12)26-20(22-16)23-18(24)9-7-14-11-13-4-2-3-5-15(13)21-19(14)25/h2-6,8,10,14H,7,9,11H2,1H3,(H,21,25)(H,22,23,24)/t14-/m1/s1. The Balaban J connectivity index is 1.37. The van der Waals surface area contributed by atoms with E-state index >= 15 is 0 Å². The number of aromatic nitrogens is 1. The van der Waals surface area contributed by atoms with E-state index < -0.39 is 0 Å². The Kier molecular flexibility index (Phi) is 4.42. The van der Waals surface area contributed by atoms with Crippen LogP contribution in [0.15, 0.2) is 42.5 Å². The molecule has 0 fully saturated rings. The third-order valence-electron chi connectivity index (χ3n) is 4.62. The molecule has 6 heteroatoms. The van der Waals surface area contributed by atoms with Gasteiger partial charge in [0.05, 0.1) is 10.2 Å². The fourth-order valence-corrected chi connectivity index (χ4v) is 4.20. The Labute approximate surface area is 155 Å². The second-order valence-electron chi connectivity index (χ2n) is 6.62. The third kappa shape index (κ3) is 3.46. The fraction of sp³-hybridized carbons (Fsp3) is 0.250. The third-order valence-corrected chi connectivity index (χ3v) is 5.56. The highest BCUT2D eigenvalue weighted by molar-refractivity contribution is 7.22. The number of nitrogens with one attached hydrogen (secondary N) is 2. The largest absolute Gasteiger partial charge is 0.326 e. The van der Waals surface area contributed by atoms with Gasteiger partial charge in [0.25, 0.3) is 0 Å². The van der Waals surface area contributed by atoms with E-state index in [-0.39, 0.29) is 17.7 Å². The number of hydrogen-bond donors (Lipinski definition) is 2. The van der Waals surface area contributed by atoms with Crippen molar-refractivity contribution >= 4 is 44.2 Å². The summed E-state index contributed by atoms with van der Waals surface area (Å²) >= 11 is 1.47. The highest BCUT2D eigenvalue weighted by atomic mass is 32.1. The van der Waals surface area contributed by atoms with E-state index in [0.29, 0.717) is 24.4 Å². The maximum absolute atomic E-state index is 12.3. The molecule has 0 spiro atoms. The number of rotatable bonds is 4. The predicted molar refractivity (Wildman–Crippen MR) is 104 cm³/mol. The van der Waals surface area contributed by atoms with Gasteiger partial charge in [0, 0.05) is 18.0 Å². The van der Waals surface area contributed by atoms with Crippen molar-refractivity contribution in [2.75, 3.05) is 10.6 Å². The summed E-state index contributed by atoms with van der Waals surface area (Å²) < 4.78 is 1.06. The number of carbonyl (C=O) groups is 2. The van der Waals surface area contributed by atoms with Crippen LogP contribution in [-0.4, -0.2) is 16.8 Å². The van der Waals surface area contributed by atoms with Crippen LogP contribution in [0.25, 0.3) is 10.2 Å². The van der Waals surface area contributed by atoms with Gasteiger partial charge in [-0.05, 0) is 49.1 Å². The minimum atomic E-state index is -0.173. The number of nitrogens with zero attached hydrogens (tertiary/aromatic N) is 1. The van der Waals surface area contributed by atoms with E-state index in [4.69, 9.17) is 0 Å². The Morgan fingerprint density at radius 1 is 1.31 bits per heavy atom. The summed E-state index contributed by atoms with van der Waals surface area (Å²) in [6.45, 7) is 2.03. The number of fused-ring (bicyclic) bond motifs is 2. The lowest BCUT2D eigenvalue weighted by molar-refractivity contribution is -0.121. The van der Waals surface area contributed by atoms with Crippen molar-refractivity contribution in [1.82, 2.24) is 4.98 Å². The van der Waals surface area contributed by atoms with Crippen LogP contribution in [0.5, 0.6) is 0 Å². The molecule has 0 radical (unpaired) electrons. The summed E-state index contributed by atoms with van der Waals surface area (Å²) in [5.41, 5.74) is 4.06. The number of carbonyl (C=O) groups excluding carboxylic acids is 2. The van der Waals surface area contributed by atoms with Crippen molar-refractivity contribution in [1.29, 1.82) is 0 Å². The van der Waals surface area contributed by atoms with Gasteiger partial charge in [0.15, 0.2) is 5.13 Å². The van der Waals surface area contributed by atoms with Gasteiger partial charge in [-0.1, -0.05) is 35.6 Å². The molecule has 2 aromatic carbocycles. The minimum absolute atomic E-state index is 0.00744. The Morgan fingerprint density at radius 2 is 2.15 bits per heavy atom. The van der Waals surface area contributed by atoms with Crippen LogP contribution in [0.4, 0.5) is 10.8 Å². The molecule has 1 aliphatic heterocycles. The van der Waals surface area contributed by atoms with Crippen LogP contribution < -0.4 is 10.6 Å². The lowest BCUT2D eigenvalue weighted by Crippen LogP contribution is -2.30. The van der Waals surface area contributed by atoms with Crippen LogP contribution in [0.1, 0.15) is 24.0 Å². The van der Waals surface area contributed by atoms with E-state index in [1.165, 1.54) is 16.9 Å². The topological polar surface area (TPSA) is 71.1 Å². The zero-order chi connectivity index (χ0) is 18.1. The highest BCUT2D eigenvalue weighted by Crippen LogP contribution is 2.29. The SMILES string of the molecule is Cc1ccc2nc(NC(=O)CC[C@@H]3Cc4ccccc4NC3=O)sc2c1. The number of thiazole rings is 1. The van der Waals surface area contributed by atoms with Crippen LogP contribution in [0.3, 0.4) is 0 Å². The molecule has 5 nitrogen and oxygen atoms in total. The Morgan fingerprint density at radius 3 is 3.04 bits per heavy atom. The number of amides is 2. The number of hydrogen-bond acceptors (Lipinski definition) is 4. The van der Waals surface area contributed by atoms with Gasteiger partial charge >= 0.3 is 0 Å². The molecular formula is C20H19N3O2S. The molecule has 1 aliphatic rings. The van der Waals surface area contributed by atoms with Crippen molar-refractivity contribution in [3.8, 4) is 0 Å². The molecule has 3 aromatic rings. The molecule has 2 amide bonds. The zero-order valence-electron chi connectivity index (χ0n) is 14.4. The second kappa shape index (κ2) is 6.88. The average molecular weight is 365 g/mol. The van der Waals surface area contributed by atoms with Gasteiger partial charge in [0.1, 0.15) is 0 Å². The van der Waals surface area contributed by atoms with Crippen LogP contribution >= 0.6 is 11.3 Å².